The standard InChI is InChI=1S/C11H18N4O/c1-4-16-11(2,3)9-13-8(7-5-6-7)14-10(12)15-9/h7H,4-6H2,1-3H3,(H2,12,13,14,15). The lowest BCUT2D eigenvalue weighted by atomic mass is 10.1. The molecule has 88 valence electrons. The predicted octanol–water partition coefficient (Wildman–Crippen LogP) is 1.60. The van der Waals surface area contributed by atoms with Gasteiger partial charge in [0, 0.05) is 12.5 Å². The molecule has 1 saturated carbocycles. The van der Waals surface area contributed by atoms with Crippen LogP contribution in [0.3, 0.4) is 0 Å². The zero-order valence-electron chi connectivity index (χ0n) is 10.0. The summed E-state index contributed by atoms with van der Waals surface area (Å²) in [7, 11) is 0. The number of hydrogen-bond acceptors (Lipinski definition) is 5. The topological polar surface area (TPSA) is 73.9 Å². The van der Waals surface area contributed by atoms with Crippen molar-refractivity contribution in [1.29, 1.82) is 0 Å². The summed E-state index contributed by atoms with van der Waals surface area (Å²) in [6, 6.07) is 0. The van der Waals surface area contributed by atoms with E-state index in [1.54, 1.807) is 0 Å². The van der Waals surface area contributed by atoms with E-state index in [-0.39, 0.29) is 0 Å². The van der Waals surface area contributed by atoms with Crippen LogP contribution in [0.15, 0.2) is 0 Å². The molecule has 1 heterocycles. The highest BCUT2D eigenvalue weighted by atomic mass is 16.5. The molecule has 1 aromatic heterocycles. The third kappa shape index (κ3) is 2.29. The molecule has 1 aliphatic carbocycles. The highest BCUT2D eigenvalue weighted by molar-refractivity contribution is 5.21. The van der Waals surface area contributed by atoms with Gasteiger partial charge in [0.15, 0.2) is 5.82 Å². The van der Waals surface area contributed by atoms with E-state index < -0.39 is 5.60 Å². The van der Waals surface area contributed by atoms with Crippen LogP contribution in [0.1, 0.15) is 51.2 Å². The van der Waals surface area contributed by atoms with Crippen LogP contribution in [-0.2, 0) is 10.3 Å². The van der Waals surface area contributed by atoms with Gasteiger partial charge in [-0.2, -0.15) is 9.97 Å². The summed E-state index contributed by atoms with van der Waals surface area (Å²) in [5, 5.41) is 0. The van der Waals surface area contributed by atoms with E-state index in [0.29, 0.717) is 24.3 Å². The Morgan fingerprint density at radius 2 is 2.00 bits per heavy atom. The van der Waals surface area contributed by atoms with Crippen molar-refractivity contribution in [2.24, 2.45) is 0 Å². The van der Waals surface area contributed by atoms with E-state index in [9.17, 15) is 0 Å². The lowest BCUT2D eigenvalue weighted by molar-refractivity contribution is -0.0210. The van der Waals surface area contributed by atoms with Crippen molar-refractivity contribution in [3.8, 4) is 0 Å². The molecule has 0 radical (unpaired) electrons. The zero-order valence-corrected chi connectivity index (χ0v) is 10.0. The molecule has 0 atom stereocenters. The first kappa shape index (κ1) is 11.3. The number of nitrogens with zero attached hydrogens (tertiary/aromatic N) is 3. The maximum atomic E-state index is 5.70. The number of anilines is 1. The summed E-state index contributed by atoms with van der Waals surface area (Å²) in [4.78, 5) is 12.8. The monoisotopic (exact) mass is 222 g/mol. The molecular weight excluding hydrogens is 204 g/mol. The molecule has 0 unspecified atom stereocenters. The summed E-state index contributed by atoms with van der Waals surface area (Å²) in [5.74, 6) is 2.21. The van der Waals surface area contributed by atoms with Gasteiger partial charge in [-0.25, -0.2) is 4.98 Å². The Balaban J connectivity index is 2.32. The van der Waals surface area contributed by atoms with Gasteiger partial charge >= 0.3 is 0 Å². The van der Waals surface area contributed by atoms with Gasteiger partial charge in [-0.3, -0.25) is 0 Å². The van der Waals surface area contributed by atoms with E-state index in [0.717, 1.165) is 18.7 Å². The minimum atomic E-state index is -0.505. The summed E-state index contributed by atoms with van der Waals surface area (Å²) >= 11 is 0. The molecule has 0 aromatic carbocycles. The third-order valence-corrected chi connectivity index (χ3v) is 2.66. The van der Waals surface area contributed by atoms with Crippen molar-refractivity contribution in [3.05, 3.63) is 11.6 Å². The second-order valence-corrected chi connectivity index (χ2v) is 4.59. The SMILES string of the molecule is CCOC(C)(C)c1nc(N)nc(C2CC2)n1. The molecule has 1 aromatic rings. The van der Waals surface area contributed by atoms with Gasteiger partial charge in [0.1, 0.15) is 11.4 Å². The van der Waals surface area contributed by atoms with Crippen LogP contribution in [-0.4, -0.2) is 21.6 Å². The lowest BCUT2D eigenvalue weighted by Gasteiger charge is -2.23. The predicted molar refractivity (Wildman–Crippen MR) is 60.9 cm³/mol. The lowest BCUT2D eigenvalue weighted by Crippen LogP contribution is -2.26. The van der Waals surface area contributed by atoms with Crippen molar-refractivity contribution in [3.63, 3.8) is 0 Å². The van der Waals surface area contributed by atoms with E-state index in [1.807, 2.05) is 20.8 Å². The Morgan fingerprint density at radius 3 is 2.56 bits per heavy atom. The van der Waals surface area contributed by atoms with Crippen molar-refractivity contribution in [1.82, 2.24) is 15.0 Å². The Labute approximate surface area is 95.5 Å². The van der Waals surface area contributed by atoms with Gasteiger partial charge in [-0.15, -0.1) is 0 Å². The largest absolute Gasteiger partial charge is 0.368 e. The van der Waals surface area contributed by atoms with Crippen LogP contribution >= 0.6 is 0 Å². The second kappa shape index (κ2) is 3.97. The van der Waals surface area contributed by atoms with E-state index in [1.165, 1.54) is 0 Å². The summed E-state index contributed by atoms with van der Waals surface area (Å²) in [6.45, 7) is 6.47. The Morgan fingerprint density at radius 1 is 1.31 bits per heavy atom. The van der Waals surface area contributed by atoms with Gasteiger partial charge in [0.05, 0.1) is 0 Å². The maximum Gasteiger partial charge on any atom is 0.223 e. The van der Waals surface area contributed by atoms with E-state index in [4.69, 9.17) is 10.5 Å². The quantitative estimate of drug-likeness (QED) is 0.837. The Kier molecular flexibility index (Phi) is 2.80. The Hall–Kier alpha value is -1.23. The zero-order chi connectivity index (χ0) is 11.8. The fourth-order valence-electron chi connectivity index (χ4n) is 1.63. The number of ether oxygens (including phenoxy) is 1. The fourth-order valence-corrected chi connectivity index (χ4v) is 1.63. The smallest absolute Gasteiger partial charge is 0.223 e. The number of nitrogens with two attached hydrogens (primary N) is 1. The molecular formula is C11H18N4O. The van der Waals surface area contributed by atoms with Crippen molar-refractivity contribution >= 4 is 5.95 Å². The highest BCUT2D eigenvalue weighted by Crippen LogP contribution is 2.38. The molecule has 1 fully saturated rings. The van der Waals surface area contributed by atoms with Gasteiger partial charge < -0.3 is 10.5 Å². The van der Waals surface area contributed by atoms with Gasteiger partial charge in [0.2, 0.25) is 5.95 Å². The number of rotatable bonds is 4. The highest BCUT2D eigenvalue weighted by Gasteiger charge is 2.31. The fraction of sp³-hybridized carbons (Fsp3) is 0.727. The molecule has 0 spiro atoms. The van der Waals surface area contributed by atoms with Crippen molar-refractivity contribution < 1.29 is 4.74 Å². The van der Waals surface area contributed by atoms with Crippen LogP contribution in [0.2, 0.25) is 0 Å². The molecule has 2 N–H and O–H groups in total. The van der Waals surface area contributed by atoms with Crippen LogP contribution in [0, 0.1) is 0 Å². The van der Waals surface area contributed by atoms with Crippen LogP contribution < -0.4 is 5.73 Å². The summed E-state index contributed by atoms with van der Waals surface area (Å²) in [6.07, 6.45) is 2.30. The molecule has 16 heavy (non-hydrogen) atoms. The summed E-state index contributed by atoms with van der Waals surface area (Å²) in [5.41, 5.74) is 5.20. The molecule has 0 amide bonds. The first-order valence-corrected chi connectivity index (χ1v) is 5.69. The average Bonchev–Trinajstić information content (AvgIpc) is 2.99. The normalized spacial score (nSPS) is 16.4. The number of nitrogen functional groups attached to an aromatic ring is 1. The third-order valence-electron chi connectivity index (χ3n) is 2.66. The first-order chi connectivity index (χ1) is 7.53. The molecule has 1 aliphatic rings. The van der Waals surface area contributed by atoms with E-state index in [2.05, 4.69) is 15.0 Å². The summed E-state index contributed by atoms with van der Waals surface area (Å²) < 4.78 is 5.62. The second-order valence-electron chi connectivity index (χ2n) is 4.59. The maximum absolute atomic E-state index is 5.70. The van der Waals surface area contributed by atoms with E-state index >= 15 is 0 Å². The molecule has 5 nitrogen and oxygen atoms in total. The van der Waals surface area contributed by atoms with Crippen LogP contribution in [0.25, 0.3) is 0 Å². The first-order valence-electron chi connectivity index (χ1n) is 5.69. The van der Waals surface area contributed by atoms with Gasteiger partial charge in [0.25, 0.3) is 0 Å². The average molecular weight is 222 g/mol. The molecule has 0 aliphatic heterocycles. The van der Waals surface area contributed by atoms with Gasteiger partial charge in [-0.05, 0) is 33.6 Å². The van der Waals surface area contributed by atoms with Crippen molar-refractivity contribution in [2.75, 3.05) is 12.3 Å². The molecule has 5 heteroatoms. The van der Waals surface area contributed by atoms with Crippen molar-refractivity contribution in [2.45, 2.75) is 45.1 Å². The van der Waals surface area contributed by atoms with Crippen LogP contribution in [0.4, 0.5) is 5.95 Å². The minimum Gasteiger partial charge on any atom is -0.368 e. The number of aromatic nitrogens is 3. The Bertz CT molecular complexity index is 388. The molecule has 2 rings (SSSR count). The molecule has 0 saturated heterocycles. The molecule has 0 bridgehead atoms. The minimum absolute atomic E-state index is 0.291. The van der Waals surface area contributed by atoms with Crippen LogP contribution in [0.5, 0.6) is 0 Å². The number of hydrogen-bond donors (Lipinski definition) is 1. The van der Waals surface area contributed by atoms with Gasteiger partial charge in [-0.1, -0.05) is 0 Å².